The molecule has 162 valence electrons. The molecule has 4 heterocycles. The Bertz CT molecular complexity index is 1320. The van der Waals surface area contributed by atoms with Gasteiger partial charge in [-0.1, -0.05) is 30.3 Å². The van der Waals surface area contributed by atoms with E-state index < -0.39 is 0 Å². The van der Waals surface area contributed by atoms with Crippen LogP contribution in [-0.2, 0) is 19.4 Å². The van der Waals surface area contributed by atoms with Crippen LogP contribution in [0.5, 0.6) is 11.5 Å². The minimum Gasteiger partial charge on any atom is -0.454 e. The van der Waals surface area contributed by atoms with Gasteiger partial charge in [0.2, 0.25) is 6.79 Å². The molecule has 1 atom stereocenters. The number of ether oxygens (including phenoxy) is 2. The molecular formula is C26H24N2O3S. The van der Waals surface area contributed by atoms with E-state index in [2.05, 4.69) is 46.0 Å². The van der Waals surface area contributed by atoms with E-state index in [0.29, 0.717) is 13.0 Å². The van der Waals surface area contributed by atoms with Crippen molar-refractivity contribution in [3.63, 3.8) is 0 Å². The highest BCUT2D eigenvalue weighted by atomic mass is 32.1. The number of aryl methyl sites for hydroxylation is 1. The highest BCUT2D eigenvalue weighted by Gasteiger charge is 2.35. The minimum atomic E-state index is -0.0225. The van der Waals surface area contributed by atoms with Crippen LogP contribution in [0, 0.1) is 0 Å². The van der Waals surface area contributed by atoms with Crippen molar-refractivity contribution in [2.45, 2.75) is 32.4 Å². The van der Waals surface area contributed by atoms with Crippen LogP contribution in [0.1, 0.15) is 39.3 Å². The molecule has 2 aromatic carbocycles. The van der Waals surface area contributed by atoms with Crippen LogP contribution in [0.3, 0.4) is 0 Å². The van der Waals surface area contributed by atoms with Crippen LogP contribution >= 0.6 is 11.3 Å². The molecular weight excluding hydrogens is 420 g/mol. The number of fused-ring (bicyclic) bond motifs is 3. The number of hydrogen-bond donors (Lipinski definition) is 0. The fourth-order valence-electron chi connectivity index (χ4n) is 5.02. The number of aromatic nitrogens is 1. The summed E-state index contributed by atoms with van der Waals surface area (Å²) in [6.45, 7) is 3.91. The summed E-state index contributed by atoms with van der Waals surface area (Å²) in [7, 11) is 0. The molecule has 5 nitrogen and oxygen atoms in total. The van der Waals surface area contributed by atoms with Gasteiger partial charge < -0.3 is 18.9 Å². The smallest absolute Gasteiger partial charge is 0.256 e. The van der Waals surface area contributed by atoms with Crippen molar-refractivity contribution in [1.29, 1.82) is 0 Å². The van der Waals surface area contributed by atoms with Gasteiger partial charge in [0, 0.05) is 47.1 Å². The molecule has 0 aliphatic carbocycles. The minimum absolute atomic E-state index is 0.0225. The molecule has 0 N–H and O–H groups in total. The summed E-state index contributed by atoms with van der Waals surface area (Å²) < 4.78 is 13.5. The number of rotatable bonds is 4. The Kier molecular flexibility index (Phi) is 4.68. The van der Waals surface area contributed by atoms with Gasteiger partial charge in [0.25, 0.3) is 5.91 Å². The number of carbonyl (C=O) groups excluding carboxylic acids is 1. The molecule has 2 aliphatic rings. The molecule has 1 unspecified atom stereocenters. The molecule has 6 rings (SSSR count). The van der Waals surface area contributed by atoms with Crippen LogP contribution in [-0.4, -0.2) is 28.7 Å². The number of carbonyl (C=O) groups is 1. The van der Waals surface area contributed by atoms with E-state index in [1.165, 1.54) is 10.4 Å². The standard InChI is InChI=1S/C26H24N2O3S/c1-2-27-15-20(19-7-3-4-8-21(19)27)26(29)28-12-10-17-11-13-32-25(17)22(28)14-18-6-5-9-23-24(18)31-16-30-23/h3-9,11,13,15,22H,2,10,12,14,16H2,1H3. The maximum atomic E-state index is 14.0. The van der Waals surface area contributed by atoms with Crippen LogP contribution in [0.2, 0.25) is 0 Å². The van der Waals surface area contributed by atoms with Gasteiger partial charge in [-0.25, -0.2) is 0 Å². The van der Waals surface area contributed by atoms with E-state index in [1.807, 2.05) is 30.5 Å². The van der Waals surface area contributed by atoms with Gasteiger partial charge in [0.05, 0.1) is 11.6 Å². The molecule has 0 fully saturated rings. The lowest BCUT2D eigenvalue weighted by Crippen LogP contribution is -2.40. The first-order valence-corrected chi connectivity index (χ1v) is 11.9. The Hall–Kier alpha value is -3.25. The van der Waals surface area contributed by atoms with Crippen molar-refractivity contribution >= 4 is 28.1 Å². The van der Waals surface area contributed by atoms with Crippen molar-refractivity contribution in [2.24, 2.45) is 0 Å². The quantitative estimate of drug-likeness (QED) is 0.421. The normalized spacial score (nSPS) is 17.0. The zero-order valence-electron chi connectivity index (χ0n) is 17.9. The summed E-state index contributed by atoms with van der Waals surface area (Å²) in [6.07, 6.45) is 3.61. The Morgan fingerprint density at radius 3 is 2.94 bits per heavy atom. The molecule has 6 heteroatoms. The number of thiophene rings is 1. The van der Waals surface area contributed by atoms with E-state index in [1.54, 1.807) is 11.3 Å². The lowest BCUT2D eigenvalue weighted by atomic mass is 9.94. The number of amides is 1. The van der Waals surface area contributed by atoms with Crippen molar-refractivity contribution in [3.8, 4) is 11.5 Å². The van der Waals surface area contributed by atoms with Crippen LogP contribution in [0.25, 0.3) is 10.9 Å². The summed E-state index contributed by atoms with van der Waals surface area (Å²) in [5, 5.41) is 3.16. The van der Waals surface area contributed by atoms with Crippen molar-refractivity contribution in [3.05, 3.63) is 81.7 Å². The first-order chi connectivity index (χ1) is 15.7. The zero-order valence-corrected chi connectivity index (χ0v) is 18.7. The third-order valence-corrected chi connectivity index (χ3v) is 7.65. The molecule has 0 saturated carbocycles. The summed E-state index contributed by atoms with van der Waals surface area (Å²) in [5.74, 6) is 1.70. The first-order valence-electron chi connectivity index (χ1n) is 11.1. The summed E-state index contributed by atoms with van der Waals surface area (Å²) in [4.78, 5) is 17.3. The monoisotopic (exact) mass is 444 g/mol. The van der Waals surface area contributed by atoms with E-state index in [9.17, 15) is 4.79 Å². The molecule has 2 aromatic heterocycles. The van der Waals surface area contributed by atoms with Crippen LogP contribution < -0.4 is 9.47 Å². The molecule has 0 radical (unpaired) electrons. The van der Waals surface area contributed by atoms with E-state index >= 15 is 0 Å². The average Bonchev–Trinajstić information content (AvgIpc) is 3.57. The Labute approximate surface area is 190 Å². The van der Waals surface area contributed by atoms with Gasteiger partial charge in [-0.05, 0) is 42.5 Å². The molecule has 2 aliphatic heterocycles. The second-order valence-corrected chi connectivity index (χ2v) is 9.22. The van der Waals surface area contributed by atoms with Gasteiger partial charge in [-0.2, -0.15) is 0 Å². The van der Waals surface area contributed by atoms with E-state index in [0.717, 1.165) is 46.5 Å². The zero-order chi connectivity index (χ0) is 21.7. The van der Waals surface area contributed by atoms with Gasteiger partial charge in [-0.15, -0.1) is 11.3 Å². The topological polar surface area (TPSA) is 43.7 Å². The van der Waals surface area contributed by atoms with Crippen LogP contribution in [0.15, 0.2) is 60.1 Å². The van der Waals surface area contributed by atoms with Gasteiger partial charge in [-0.3, -0.25) is 4.79 Å². The summed E-state index contributed by atoms with van der Waals surface area (Å²) in [5.41, 5.74) is 4.32. The SMILES string of the molecule is CCn1cc(C(=O)N2CCc3ccsc3C2Cc2cccc3c2OCO3)c2ccccc21. The molecule has 32 heavy (non-hydrogen) atoms. The first kappa shape index (κ1) is 19.4. The second-order valence-electron chi connectivity index (χ2n) is 8.28. The summed E-state index contributed by atoms with van der Waals surface area (Å²) in [6, 6.07) is 16.4. The maximum Gasteiger partial charge on any atom is 0.256 e. The Balaban J connectivity index is 1.42. The molecule has 0 bridgehead atoms. The van der Waals surface area contributed by atoms with E-state index in [4.69, 9.17) is 9.47 Å². The molecule has 4 aromatic rings. The van der Waals surface area contributed by atoms with E-state index in [-0.39, 0.29) is 18.7 Å². The Morgan fingerprint density at radius 1 is 1.12 bits per heavy atom. The molecule has 0 spiro atoms. The predicted molar refractivity (Wildman–Crippen MR) is 126 cm³/mol. The highest BCUT2D eigenvalue weighted by molar-refractivity contribution is 7.10. The number of hydrogen-bond acceptors (Lipinski definition) is 4. The van der Waals surface area contributed by atoms with Crippen molar-refractivity contribution in [1.82, 2.24) is 9.47 Å². The highest BCUT2D eigenvalue weighted by Crippen LogP contribution is 2.42. The summed E-state index contributed by atoms with van der Waals surface area (Å²) >= 11 is 1.74. The fraction of sp³-hybridized carbons (Fsp3) is 0.269. The number of nitrogens with zero attached hydrogens (tertiary/aromatic N) is 2. The number of benzene rings is 2. The van der Waals surface area contributed by atoms with Crippen LogP contribution in [0.4, 0.5) is 0 Å². The average molecular weight is 445 g/mol. The number of para-hydroxylation sites is 2. The third kappa shape index (κ3) is 3.01. The van der Waals surface area contributed by atoms with Gasteiger partial charge in [0.1, 0.15) is 0 Å². The van der Waals surface area contributed by atoms with Crippen molar-refractivity contribution in [2.75, 3.05) is 13.3 Å². The molecule has 1 amide bonds. The van der Waals surface area contributed by atoms with Crippen molar-refractivity contribution < 1.29 is 14.3 Å². The fourth-order valence-corrected chi connectivity index (χ4v) is 6.09. The third-order valence-electron chi connectivity index (χ3n) is 6.59. The second kappa shape index (κ2) is 7.71. The lowest BCUT2D eigenvalue weighted by Gasteiger charge is -2.36. The largest absolute Gasteiger partial charge is 0.454 e. The maximum absolute atomic E-state index is 14.0. The van der Waals surface area contributed by atoms with Gasteiger partial charge in [0.15, 0.2) is 11.5 Å². The lowest BCUT2D eigenvalue weighted by molar-refractivity contribution is 0.0665. The molecule has 0 saturated heterocycles. The van der Waals surface area contributed by atoms with Gasteiger partial charge >= 0.3 is 0 Å². The predicted octanol–water partition coefficient (Wildman–Crippen LogP) is 5.43. The Morgan fingerprint density at radius 2 is 2.03 bits per heavy atom.